The van der Waals surface area contributed by atoms with Crippen LogP contribution in [0.15, 0.2) is 56.9 Å². The van der Waals surface area contributed by atoms with E-state index in [1.165, 1.54) is 11.3 Å². The Balaban J connectivity index is 1.90. The van der Waals surface area contributed by atoms with Gasteiger partial charge in [0.2, 0.25) is 0 Å². The number of hydrogen-bond acceptors (Lipinski definition) is 2. The number of rotatable bonds is 1. The summed E-state index contributed by atoms with van der Waals surface area (Å²) in [7, 11) is 0. The predicted molar refractivity (Wildman–Crippen MR) is 97.3 cm³/mol. The molecule has 0 radical (unpaired) electrons. The Hall–Kier alpha value is -2.07. The molecule has 5 heteroatoms. The Morgan fingerprint density at radius 1 is 1.22 bits per heavy atom. The Bertz CT molecular complexity index is 958. The predicted octanol–water partition coefficient (Wildman–Crippen LogP) is 5.08. The maximum Gasteiger partial charge on any atom is 0.340 e. The molecule has 2 aliphatic rings. The summed E-state index contributed by atoms with van der Waals surface area (Å²) in [5.41, 5.74) is 15.8. The molecule has 0 unspecified atom stereocenters. The van der Waals surface area contributed by atoms with E-state index < -0.39 is 0 Å². The second-order valence-corrected chi connectivity index (χ2v) is 7.30. The van der Waals surface area contributed by atoms with E-state index in [0.717, 1.165) is 50.0 Å². The molecule has 0 fully saturated rings. The molecule has 1 aromatic heterocycles. The van der Waals surface area contributed by atoms with E-state index in [4.69, 9.17) is 5.41 Å². The maximum atomic E-state index is 9.58. The van der Waals surface area contributed by atoms with Crippen molar-refractivity contribution in [2.45, 2.75) is 12.8 Å². The van der Waals surface area contributed by atoms with E-state index in [2.05, 4.69) is 32.9 Å². The third-order valence-corrected chi connectivity index (χ3v) is 5.93. The summed E-state index contributed by atoms with van der Waals surface area (Å²) < 4.78 is 1.03. The minimum absolute atomic E-state index is 0.569. The van der Waals surface area contributed by atoms with E-state index in [-0.39, 0.29) is 0 Å². The molecule has 1 aromatic carbocycles. The number of nitrogens with one attached hydrogen (secondary N) is 1. The highest BCUT2D eigenvalue weighted by atomic mass is 79.9. The molecule has 0 spiro atoms. The van der Waals surface area contributed by atoms with Gasteiger partial charge >= 0.3 is 5.71 Å². The summed E-state index contributed by atoms with van der Waals surface area (Å²) in [6, 6.07) is 9.99. The van der Waals surface area contributed by atoms with Crippen molar-refractivity contribution in [1.29, 1.82) is 5.41 Å². The molecule has 0 saturated heterocycles. The largest absolute Gasteiger partial charge is 0.361 e. The van der Waals surface area contributed by atoms with Crippen molar-refractivity contribution in [3.05, 3.63) is 78.4 Å². The second-order valence-electron chi connectivity index (χ2n) is 5.53. The Morgan fingerprint density at radius 2 is 2.04 bits per heavy atom. The first kappa shape index (κ1) is 14.5. The van der Waals surface area contributed by atoms with Gasteiger partial charge in [-0.3, -0.25) is 5.41 Å². The van der Waals surface area contributed by atoms with Gasteiger partial charge in [0.15, 0.2) is 0 Å². The fourth-order valence-electron chi connectivity index (χ4n) is 3.23. The van der Waals surface area contributed by atoms with E-state index >= 15 is 0 Å². The number of halogens is 1. The molecule has 3 nitrogen and oxygen atoms in total. The van der Waals surface area contributed by atoms with Crippen LogP contribution in [0.25, 0.3) is 11.6 Å². The van der Waals surface area contributed by atoms with Gasteiger partial charge in [0.25, 0.3) is 0 Å². The molecule has 23 heavy (non-hydrogen) atoms. The van der Waals surface area contributed by atoms with Crippen LogP contribution in [0.3, 0.4) is 0 Å². The van der Waals surface area contributed by atoms with Gasteiger partial charge < -0.3 is 5.53 Å². The van der Waals surface area contributed by atoms with Crippen LogP contribution in [0.5, 0.6) is 0 Å². The highest BCUT2D eigenvalue weighted by Gasteiger charge is 2.39. The van der Waals surface area contributed by atoms with Gasteiger partial charge in [-0.2, -0.15) is 4.79 Å². The summed E-state index contributed by atoms with van der Waals surface area (Å²) in [5, 5.41) is 10.4. The van der Waals surface area contributed by atoms with Crippen LogP contribution < -0.4 is 0 Å². The van der Waals surface area contributed by atoms with Crippen LogP contribution in [0, 0.1) is 5.41 Å². The van der Waals surface area contributed by atoms with Gasteiger partial charge in [-0.1, -0.05) is 34.1 Å². The Kier molecular flexibility index (Phi) is 3.49. The third kappa shape index (κ3) is 2.20. The zero-order chi connectivity index (χ0) is 16.0. The third-order valence-electron chi connectivity index (χ3n) is 4.29. The van der Waals surface area contributed by atoms with E-state index in [1.807, 2.05) is 29.6 Å². The van der Waals surface area contributed by atoms with Crippen molar-refractivity contribution in [1.82, 2.24) is 0 Å². The maximum absolute atomic E-state index is 9.58. The lowest BCUT2D eigenvalue weighted by atomic mass is 9.88. The average Bonchev–Trinajstić information content (AvgIpc) is 3.19. The number of nitrogens with zero attached hydrogens (tertiary/aromatic N) is 2. The number of hydrogen-bond donors (Lipinski definition) is 1. The smallest absolute Gasteiger partial charge is 0.340 e. The summed E-state index contributed by atoms with van der Waals surface area (Å²) in [5.74, 6) is 0. The fraction of sp³-hybridized carbons (Fsp3) is 0.111. The summed E-state index contributed by atoms with van der Waals surface area (Å²) >= 11 is 5.09. The molecule has 1 N–H and O–H groups in total. The van der Waals surface area contributed by atoms with Crippen LogP contribution in [-0.4, -0.2) is 16.2 Å². The van der Waals surface area contributed by atoms with Crippen molar-refractivity contribution < 1.29 is 4.79 Å². The van der Waals surface area contributed by atoms with E-state index in [9.17, 15) is 5.53 Å². The molecule has 2 aromatic rings. The average molecular weight is 382 g/mol. The fourth-order valence-corrected chi connectivity index (χ4v) is 4.52. The highest BCUT2D eigenvalue weighted by Crippen LogP contribution is 2.42. The molecule has 0 bridgehead atoms. The van der Waals surface area contributed by atoms with Gasteiger partial charge in [0.1, 0.15) is 4.88 Å². The quantitative estimate of drug-likeness (QED) is 0.528. The molecule has 0 saturated carbocycles. The van der Waals surface area contributed by atoms with Crippen LogP contribution in [0.1, 0.15) is 28.8 Å². The van der Waals surface area contributed by atoms with Crippen LogP contribution in [-0.2, 0) is 0 Å². The van der Waals surface area contributed by atoms with Crippen LogP contribution in [0.4, 0.5) is 0 Å². The standard InChI is InChI=1S/C18H12BrN3S/c19-14-4-2-1-3-10(14)9-11-5-6-12-15(11)17(22-21)18-13(16(12)20)7-8-23-18/h1-4,7-9,20H,5-6H2. The molecule has 0 atom stereocenters. The van der Waals surface area contributed by atoms with Crippen molar-refractivity contribution in [2.24, 2.45) is 0 Å². The molecule has 0 aliphatic heterocycles. The van der Waals surface area contributed by atoms with Gasteiger partial charge in [-0.05, 0) is 53.1 Å². The number of benzene rings is 1. The molecule has 1 heterocycles. The summed E-state index contributed by atoms with van der Waals surface area (Å²) in [6.07, 6.45) is 3.81. The first-order valence-electron chi connectivity index (χ1n) is 7.29. The van der Waals surface area contributed by atoms with Crippen LogP contribution in [0.2, 0.25) is 0 Å². The van der Waals surface area contributed by atoms with Gasteiger partial charge in [-0.25, -0.2) is 0 Å². The van der Waals surface area contributed by atoms with Crippen molar-refractivity contribution in [3.63, 3.8) is 0 Å². The first-order valence-corrected chi connectivity index (χ1v) is 8.96. The monoisotopic (exact) mass is 381 g/mol. The lowest BCUT2D eigenvalue weighted by Crippen LogP contribution is -2.19. The van der Waals surface area contributed by atoms with E-state index in [1.54, 1.807) is 0 Å². The highest BCUT2D eigenvalue weighted by molar-refractivity contribution is 9.10. The Labute approximate surface area is 146 Å². The SMILES string of the molecule is [N-]=[N+]=C1C2=C(CCC2=Cc2ccccc2Br)C(=N)c2ccsc21. The normalized spacial score (nSPS) is 18.2. The molecular formula is C18H12BrN3S. The van der Waals surface area contributed by atoms with Crippen molar-refractivity contribution in [2.75, 3.05) is 0 Å². The molecular weight excluding hydrogens is 370 g/mol. The lowest BCUT2D eigenvalue weighted by molar-refractivity contribution is -0.00272. The number of fused-ring (bicyclic) bond motifs is 1. The summed E-state index contributed by atoms with van der Waals surface area (Å²) in [6.45, 7) is 0. The zero-order valence-corrected chi connectivity index (χ0v) is 14.5. The number of thiophene rings is 1. The second kappa shape index (κ2) is 5.53. The Morgan fingerprint density at radius 3 is 2.83 bits per heavy atom. The van der Waals surface area contributed by atoms with Crippen molar-refractivity contribution in [3.8, 4) is 0 Å². The molecule has 112 valence electrons. The number of allylic oxidation sites excluding steroid dienone is 3. The van der Waals surface area contributed by atoms with E-state index in [0.29, 0.717) is 11.4 Å². The minimum atomic E-state index is 0.569. The molecule has 4 rings (SSSR count). The topological polar surface area (TPSA) is 60.3 Å². The van der Waals surface area contributed by atoms with Crippen molar-refractivity contribution >= 4 is 44.8 Å². The van der Waals surface area contributed by atoms with Gasteiger partial charge in [0, 0.05) is 10.0 Å². The minimum Gasteiger partial charge on any atom is -0.361 e. The zero-order valence-electron chi connectivity index (χ0n) is 12.1. The van der Waals surface area contributed by atoms with Gasteiger partial charge in [0.05, 0.1) is 11.3 Å². The van der Waals surface area contributed by atoms with Crippen LogP contribution >= 0.6 is 27.3 Å². The summed E-state index contributed by atoms with van der Waals surface area (Å²) in [4.78, 5) is 4.46. The lowest BCUT2D eigenvalue weighted by Gasteiger charge is -2.13. The molecule has 0 amide bonds. The first-order chi connectivity index (χ1) is 11.2. The van der Waals surface area contributed by atoms with Gasteiger partial charge in [-0.15, -0.1) is 11.3 Å². The molecule has 2 aliphatic carbocycles.